The van der Waals surface area contributed by atoms with Gasteiger partial charge in [0.05, 0.1) is 0 Å². The van der Waals surface area contributed by atoms with Gasteiger partial charge in [0.2, 0.25) is 5.91 Å². The van der Waals surface area contributed by atoms with E-state index in [1.807, 2.05) is 0 Å². The average Bonchev–Trinajstić information content (AvgIpc) is 1.89. The van der Waals surface area contributed by atoms with Gasteiger partial charge in [-0.15, -0.1) is 6.58 Å². The minimum Gasteiger partial charge on any atom is -0.342 e. The number of rotatable bonds is 4. The van der Waals surface area contributed by atoms with Crippen LogP contribution in [0.25, 0.3) is 0 Å². The van der Waals surface area contributed by atoms with Crippen molar-refractivity contribution in [3.05, 3.63) is 12.7 Å². The van der Waals surface area contributed by atoms with Gasteiger partial charge in [0.25, 0.3) is 0 Å². The molecule has 0 N–H and O–H groups in total. The van der Waals surface area contributed by atoms with E-state index >= 15 is 0 Å². The molecular weight excluding hydrogens is 146 g/mol. The molecule has 0 aliphatic carbocycles. The van der Waals surface area contributed by atoms with E-state index in [4.69, 9.17) is 0 Å². The number of nitrogens with zero attached hydrogens (tertiary/aromatic N) is 1. The highest BCUT2D eigenvalue weighted by atomic mass is 32.1. The second kappa shape index (κ2) is 5.35. The molecule has 58 valence electrons. The summed E-state index contributed by atoms with van der Waals surface area (Å²) >= 11 is 3.95. The van der Waals surface area contributed by atoms with Gasteiger partial charge in [-0.2, -0.15) is 12.6 Å². The van der Waals surface area contributed by atoms with Gasteiger partial charge < -0.3 is 4.90 Å². The van der Waals surface area contributed by atoms with Gasteiger partial charge in [0, 0.05) is 20.0 Å². The lowest BCUT2D eigenvalue weighted by Gasteiger charge is -2.13. The van der Waals surface area contributed by atoms with Crippen molar-refractivity contribution in [2.45, 2.75) is 6.42 Å². The number of carbonyl (C=O) groups excluding carboxylic acids is 1. The first-order valence-corrected chi connectivity index (χ1v) is 3.81. The SMILES string of the molecule is C=CCN(C)C(=O)CCS. The van der Waals surface area contributed by atoms with Crippen LogP contribution in [0.1, 0.15) is 6.42 Å². The van der Waals surface area contributed by atoms with E-state index in [1.165, 1.54) is 0 Å². The zero-order valence-corrected chi connectivity index (χ0v) is 7.10. The van der Waals surface area contributed by atoms with Crippen LogP contribution >= 0.6 is 12.6 Å². The Balaban J connectivity index is 3.58. The number of likely N-dealkylation sites (N-methyl/N-ethyl adjacent to an activating group) is 1. The van der Waals surface area contributed by atoms with E-state index in [0.717, 1.165) is 0 Å². The Morgan fingerprint density at radius 1 is 1.80 bits per heavy atom. The Labute approximate surface area is 67.3 Å². The summed E-state index contributed by atoms with van der Waals surface area (Å²) in [6.45, 7) is 4.15. The van der Waals surface area contributed by atoms with E-state index in [2.05, 4.69) is 19.2 Å². The zero-order valence-electron chi connectivity index (χ0n) is 6.21. The van der Waals surface area contributed by atoms with Crippen molar-refractivity contribution in [1.82, 2.24) is 4.90 Å². The number of carbonyl (C=O) groups is 1. The molecule has 0 atom stereocenters. The minimum absolute atomic E-state index is 0.120. The van der Waals surface area contributed by atoms with Gasteiger partial charge in [-0.3, -0.25) is 4.79 Å². The molecule has 0 unspecified atom stereocenters. The van der Waals surface area contributed by atoms with Gasteiger partial charge in [0.15, 0.2) is 0 Å². The van der Waals surface area contributed by atoms with Gasteiger partial charge in [-0.1, -0.05) is 6.08 Å². The highest BCUT2D eigenvalue weighted by Gasteiger charge is 2.03. The molecule has 0 aromatic carbocycles. The van der Waals surface area contributed by atoms with Crippen LogP contribution in [0, 0.1) is 0 Å². The topological polar surface area (TPSA) is 20.3 Å². The molecule has 0 bridgehead atoms. The highest BCUT2D eigenvalue weighted by molar-refractivity contribution is 7.80. The summed E-state index contributed by atoms with van der Waals surface area (Å²) in [5, 5.41) is 0. The largest absolute Gasteiger partial charge is 0.342 e. The molecule has 3 heteroatoms. The maximum Gasteiger partial charge on any atom is 0.223 e. The minimum atomic E-state index is 0.120. The van der Waals surface area contributed by atoms with Crippen LogP contribution in [0.4, 0.5) is 0 Å². The van der Waals surface area contributed by atoms with Gasteiger partial charge in [-0.25, -0.2) is 0 Å². The maximum absolute atomic E-state index is 11.0. The van der Waals surface area contributed by atoms with E-state index in [0.29, 0.717) is 18.7 Å². The number of hydrogen-bond donors (Lipinski definition) is 1. The van der Waals surface area contributed by atoms with Crippen LogP contribution in [0.5, 0.6) is 0 Å². The average molecular weight is 159 g/mol. The maximum atomic E-state index is 11.0. The van der Waals surface area contributed by atoms with Crippen LogP contribution in [-0.4, -0.2) is 30.2 Å². The Kier molecular flexibility index (Phi) is 5.12. The molecule has 0 radical (unpaired) electrons. The van der Waals surface area contributed by atoms with Crippen LogP contribution in [0.15, 0.2) is 12.7 Å². The summed E-state index contributed by atoms with van der Waals surface area (Å²) in [7, 11) is 1.76. The van der Waals surface area contributed by atoms with Crippen LogP contribution in [0.2, 0.25) is 0 Å². The summed E-state index contributed by atoms with van der Waals surface area (Å²) in [6, 6.07) is 0. The molecule has 1 amide bonds. The van der Waals surface area contributed by atoms with Crippen molar-refractivity contribution >= 4 is 18.5 Å². The third kappa shape index (κ3) is 3.56. The Hall–Kier alpha value is -0.440. The third-order valence-corrected chi connectivity index (χ3v) is 1.38. The summed E-state index contributed by atoms with van der Waals surface area (Å²) in [5.74, 6) is 0.732. The van der Waals surface area contributed by atoms with Gasteiger partial charge >= 0.3 is 0 Å². The first-order chi connectivity index (χ1) is 4.72. The van der Waals surface area contributed by atoms with Gasteiger partial charge in [-0.05, 0) is 5.75 Å². The Morgan fingerprint density at radius 3 is 2.80 bits per heavy atom. The molecular formula is C7H13NOS. The third-order valence-electron chi connectivity index (χ3n) is 1.15. The molecule has 0 saturated carbocycles. The molecule has 0 aliphatic rings. The van der Waals surface area contributed by atoms with Crippen molar-refractivity contribution in [1.29, 1.82) is 0 Å². The molecule has 0 aromatic rings. The van der Waals surface area contributed by atoms with Crippen molar-refractivity contribution in [2.24, 2.45) is 0 Å². The van der Waals surface area contributed by atoms with E-state index in [1.54, 1.807) is 18.0 Å². The quantitative estimate of drug-likeness (QED) is 0.478. The molecule has 10 heavy (non-hydrogen) atoms. The monoisotopic (exact) mass is 159 g/mol. The Morgan fingerprint density at radius 2 is 2.40 bits per heavy atom. The van der Waals surface area contributed by atoms with Crippen molar-refractivity contribution in [3.63, 3.8) is 0 Å². The van der Waals surface area contributed by atoms with E-state index in [-0.39, 0.29) is 5.91 Å². The summed E-state index contributed by atoms with van der Waals surface area (Å²) in [5.41, 5.74) is 0. The van der Waals surface area contributed by atoms with E-state index in [9.17, 15) is 4.79 Å². The summed E-state index contributed by atoms with van der Waals surface area (Å²) in [6.07, 6.45) is 2.21. The smallest absolute Gasteiger partial charge is 0.223 e. The predicted molar refractivity (Wildman–Crippen MR) is 46.3 cm³/mol. The molecule has 0 fully saturated rings. The molecule has 0 saturated heterocycles. The number of amides is 1. The van der Waals surface area contributed by atoms with Gasteiger partial charge in [0.1, 0.15) is 0 Å². The second-order valence-corrected chi connectivity index (χ2v) is 2.48. The van der Waals surface area contributed by atoms with Crippen molar-refractivity contribution in [3.8, 4) is 0 Å². The normalized spacial score (nSPS) is 9.00. The van der Waals surface area contributed by atoms with Crippen LogP contribution in [0.3, 0.4) is 0 Å². The fourth-order valence-electron chi connectivity index (χ4n) is 0.582. The molecule has 0 heterocycles. The molecule has 0 aliphatic heterocycles. The second-order valence-electron chi connectivity index (χ2n) is 2.04. The standard InChI is InChI=1S/C7H13NOS/c1-3-5-8(2)7(9)4-6-10/h3,10H,1,4-6H2,2H3. The lowest BCUT2D eigenvalue weighted by atomic mass is 10.4. The number of hydrogen-bond acceptors (Lipinski definition) is 2. The summed E-state index contributed by atoms with van der Waals surface area (Å²) < 4.78 is 0. The molecule has 2 nitrogen and oxygen atoms in total. The molecule has 0 aromatic heterocycles. The fraction of sp³-hybridized carbons (Fsp3) is 0.571. The van der Waals surface area contributed by atoms with Crippen LogP contribution < -0.4 is 0 Å². The predicted octanol–water partition coefficient (Wildman–Crippen LogP) is 0.951. The van der Waals surface area contributed by atoms with E-state index < -0.39 is 0 Å². The lowest BCUT2D eigenvalue weighted by Crippen LogP contribution is -2.26. The van der Waals surface area contributed by atoms with Crippen LogP contribution in [-0.2, 0) is 4.79 Å². The van der Waals surface area contributed by atoms with Crippen molar-refractivity contribution in [2.75, 3.05) is 19.3 Å². The number of thiol groups is 1. The lowest BCUT2D eigenvalue weighted by molar-refractivity contribution is -0.128. The first-order valence-electron chi connectivity index (χ1n) is 3.18. The first kappa shape index (κ1) is 9.56. The zero-order chi connectivity index (χ0) is 7.98. The van der Waals surface area contributed by atoms with Crippen molar-refractivity contribution < 1.29 is 4.79 Å². The highest BCUT2D eigenvalue weighted by Crippen LogP contribution is 1.91. The Bertz CT molecular complexity index is 125. The molecule has 0 spiro atoms. The summed E-state index contributed by atoms with van der Waals surface area (Å²) in [4.78, 5) is 12.6. The molecule has 0 rings (SSSR count). The fourth-order valence-corrected chi connectivity index (χ4v) is 0.773.